The number of hydrogen-bond donors (Lipinski definition) is 0. The van der Waals surface area contributed by atoms with E-state index in [1.54, 1.807) is 0 Å². The van der Waals surface area contributed by atoms with Crippen LogP contribution in [0.2, 0.25) is 0 Å². The van der Waals surface area contributed by atoms with Gasteiger partial charge in [0.25, 0.3) is 0 Å². The van der Waals surface area contributed by atoms with Crippen LogP contribution in [-0.4, -0.2) is 35.3 Å². The fraction of sp³-hybridized carbons (Fsp3) is 0.800. The van der Waals surface area contributed by atoms with Gasteiger partial charge in [0.15, 0.2) is 0 Å². The molecule has 0 aliphatic rings. The number of hydrogen-bond acceptors (Lipinski definition) is 2. The van der Waals surface area contributed by atoms with Crippen LogP contribution in [0.25, 0.3) is 0 Å². The summed E-state index contributed by atoms with van der Waals surface area (Å²) in [5.41, 5.74) is 2.77. The zero-order valence-electron chi connectivity index (χ0n) is 13.3. The maximum absolute atomic E-state index is 4.81. The molecule has 1 heterocycles. The van der Waals surface area contributed by atoms with Crippen molar-refractivity contribution < 1.29 is 0 Å². The molecule has 0 N–H and O–H groups in total. The normalized spacial score (nSPS) is 13.4. The highest BCUT2D eigenvalue weighted by atomic mass is 15.3. The van der Waals surface area contributed by atoms with Gasteiger partial charge in [-0.05, 0) is 20.2 Å². The van der Waals surface area contributed by atoms with E-state index >= 15 is 0 Å². The van der Waals surface area contributed by atoms with Gasteiger partial charge in [-0.25, -0.2) is 0 Å². The minimum Gasteiger partial charge on any atom is -0.308 e. The molecule has 0 bridgehead atoms. The molecule has 0 saturated heterocycles. The van der Waals surface area contributed by atoms with Gasteiger partial charge in [0, 0.05) is 23.1 Å². The van der Waals surface area contributed by atoms with Gasteiger partial charge in [0.05, 0.1) is 12.2 Å². The maximum Gasteiger partial charge on any atom is 0.0681 e. The Bertz CT molecular complexity index is 389. The zero-order valence-corrected chi connectivity index (χ0v) is 13.3. The van der Waals surface area contributed by atoms with Crippen LogP contribution >= 0.6 is 0 Å². The molecule has 0 saturated carbocycles. The molecule has 0 spiro atoms. The highest BCUT2D eigenvalue weighted by Gasteiger charge is 2.25. The zero-order chi connectivity index (χ0) is 14.1. The molecule has 0 aliphatic carbocycles. The highest BCUT2D eigenvalue weighted by Crippen LogP contribution is 2.28. The molecule has 0 aliphatic heterocycles. The Morgan fingerprint density at radius 3 is 2.00 bits per heavy atom. The van der Waals surface area contributed by atoms with E-state index in [0.717, 1.165) is 13.1 Å². The van der Waals surface area contributed by atoms with Gasteiger partial charge in [-0.1, -0.05) is 41.5 Å². The molecule has 3 heteroatoms. The van der Waals surface area contributed by atoms with E-state index < -0.39 is 0 Å². The summed E-state index contributed by atoms with van der Waals surface area (Å²) in [6.45, 7) is 15.4. The largest absolute Gasteiger partial charge is 0.308 e. The summed E-state index contributed by atoms with van der Waals surface area (Å²) in [5, 5.41) is 4.81. The second-order valence-corrected chi connectivity index (χ2v) is 7.44. The number of rotatable bonds is 3. The first-order valence-corrected chi connectivity index (χ1v) is 6.75. The Kier molecular flexibility index (Phi) is 4.26. The van der Waals surface area contributed by atoms with E-state index in [1.165, 1.54) is 11.4 Å². The van der Waals surface area contributed by atoms with E-state index in [4.69, 9.17) is 5.10 Å². The van der Waals surface area contributed by atoms with Crippen LogP contribution in [0.4, 0.5) is 0 Å². The predicted octanol–water partition coefficient (Wildman–Crippen LogP) is 3.04. The van der Waals surface area contributed by atoms with Gasteiger partial charge in [0.1, 0.15) is 0 Å². The first kappa shape index (κ1) is 15.2. The molecule has 0 radical (unpaired) electrons. The molecular formula is C15H29N3. The third-order valence-corrected chi connectivity index (χ3v) is 3.08. The molecule has 1 aromatic rings. The van der Waals surface area contributed by atoms with Gasteiger partial charge in [0.2, 0.25) is 0 Å². The smallest absolute Gasteiger partial charge is 0.0681 e. The lowest BCUT2D eigenvalue weighted by Gasteiger charge is -2.21. The van der Waals surface area contributed by atoms with Crippen molar-refractivity contribution in [1.82, 2.24) is 14.7 Å². The Labute approximate surface area is 112 Å². The van der Waals surface area contributed by atoms with Crippen molar-refractivity contribution in [1.29, 1.82) is 0 Å². The van der Waals surface area contributed by atoms with Crippen LogP contribution in [0.1, 0.15) is 52.9 Å². The van der Waals surface area contributed by atoms with Crippen LogP contribution in [0, 0.1) is 0 Å². The summed E-state index contributed by atoms with van der Waals surface area (Å²) in [6.07, 6.45) is 0. The van der Waals surface area contributed by atoms with E-state index in [2.05, 4.69) is 71.3 Å². The monoisotopic (exact) mass is 251 g/mol. The fourth-order valence-corrected chi connectivity index (χ4v) is 1.85. The molecule has 3 nitrogen and oxygen atoms in total. The Hall–Kier alpha value is -0.830. The van der Waals surface area contributed by atoms with Crippen LogP contribution in [-0.2, 0) is 17.4 Å². The third kappa shape index (κ3) is 3.84. The number of likely N-dealkylation sites (N-methyl/N-ethyl adjacent to an activating group) is 1. The van der Waals surface area contributed by atoms with Gasteiger partial charge in [-0.2, -0.15) is 5.10 Å². The summed E-state index contributed by atoms with van der Waals surface area (Å²) in [4.78, 5) is 2.20. The molecule has 104 valence electrons. The van der Waals surface area contributed by atoms with Crippen LogP contribution in [0.3, 0.4) is 0 Å². The summed E-state index contributed by atoms with van der Waals surface area (Å²) >= 11 is 0. The Morgan fingerprint density at radius 1 is 1.06 bits per heavy atom. The number of nitrogens with zero attached hydrogens (tertiary/aromatic N) is 3. The van der Waals surface area contributed by atoms with E-state index in [1.807, 2.05) is 0 Å². The molecule has 0 aromatic carbocycles. The van der Waals surface area contributed by atoms with Crippen LogP contribution in [0.5, 0.6) is 0 Å². The average Bonchev–Trinajstić information content (AvgIpc) is 2.56. The van der Waals surface area contributed by atoms with Crippen molar-refractivity contribution in [3.05, 3.63) is 17.5 Å². The second-order valence-electron chi connectivity index (χ2n) is 7.44. The van der Waals surface area contributed by atoms with Crippen LogP contribution < -0.4 is 0 Å². The quantitative estimate of drug-likeness (QED) is 0.823. The molecule has 0 unspecified atom stereocenters. The van der Waals surface area contributed by atoms with Crippen molar-refractivity contribution >= 4 is 0 Å². The Morgan fingerprint density at radius 2 is 1.61 bits per heavy atom. The van der Waals surface area contributed by atoms with Crippen molar-refractivity contribution in [2.45, 2.75) is 58.9 Å². The van der Waals surface area contributed by atoms with Gasteiger partial charge < -0.3 is 4.90 Å². The predicted molar refractivity (Wildman–Crippen MR) is 78.2 cm³/mol. The summed E-state index contributed by atoms with van der Waals surface area (Å²) in [6, 6.07) is 2.27. The molecule has 0 amide bonds. The third-order valence-electron chi connectivity index (χ3n) is 3.08. The molecule has 0 atom stereocenters. The first-order valence-electron chi connectivity index (χ1n) is 6.75. The summed E-state index contributed by atoms with van der Waals surface area (Å²) in [5.74, 6) is 0. The minimum atomic E-state index is 0.114. The minimum absolute atomic E-state index is 0.114. The van der Waals surface area contributed by atoms with E-state index in [0.29, 0.717) is 0 Å². The fourth-order valence-electron chi connectivity index (χ4n) is 1.85. The number of aromatic nitrogens is 2. The average molecular weight is 251 g/mol. The van der Waals surface area contributed by atoms with Gasteiger partial charge in [-0.3, -0.25) is 4.68 Å². The van der Waals surface area contributed by atoms with Crippen molar-refractivity contribution in [2.24, 2.45) is 0 Å². The SMILES string of the molecule is CN(C)CCn1nc(C(C)(C)C)cc1C(C)(C)C. The van der Waals surface area contributed by atoms with E-state index in [9.17, 15) is 0 Å². The first-order chi connectivity index (χ1) is 8.01. The lowest BCUT2D eigenvalue weighted by molar-refractivity contribution is 0.358. The topological polar surface area (TPSA) is 21.1 Å². The molecular weight excluding hydrogens is 222 g/mol. The lowest BCUT2D eigenvalue weighted by atomic mass is 9.88. The van der Waals surface area contributed by atoms with E-state index in [-0.39, 0.29) is 10.8 Å². The summed E-state index contributed by atoms with van der Waals surface area (Å²) < 4.78 is 2.18. The molecule has 18 heavy (non-hydrogen) atoms. The van der Waals surface area contributed by atoms with Gasteiger partial charge >= 0.3 is 0 Å². The summed E-state index contributed by atoms with van der Waals surface area (Å²) in [7, 11) is 4.20. The Balaban J connectivity index is 3.10. The van der Waals surface area contributed by atoms with Crippen molar-refractivity contribution in [3.8, 4) is 0 Å². The second kappa shape index (κ2) is 5.04. The maximum atomic E-state index is 4.81. The molecule has 1 rings (SSSR count). The van der Waals surface area contributed by atoms with Crippen molar-refractivity contribution in [3.63, 3.8) is 0 Å². The van der Waals surface area contributed by atoms with Crippen molar-refractivity contribution in [2.75, 3.05) is 20.6 Å². The molecule has 1 aromatic heterocycles. The lowest BCUT2D eigenvalue weighted by Crippen LogP contribution is -2.24. The van der Waals surface area contributed by atoms with Gasteiger partial charge in [-0.15, -0.1) is 0 Å². The highest BCUT2D eigenvalue weighted by molar-refractivity contribution is 5.22. The molecule has 0 fully saturated rings. The standard InChI is InChI=1S/C15H29N3/c1-14(2,3)12-11-13(15(4,5)6)18(16-12)10-9-17(7)8/h11H,9-10H2,1-8H3. The van der Waals surface area contributed by atoms with Crippen LogP contribution in [0.15, 0.2) is 6.07 Å².